The average molecular weight is 420 g/mol. The smallest absolute Gasteiger partial charge is 0.293 e. The van der Waals surface area contributed by atoms with E-state index in [1.165, 1.54) is 12.1 Å². The number of unbranched alkanes of at least 4 members (excludes halogenated alkanes) is 1. The topological polar surface area (TPSA) is 46.6 Å². The number of halogens is 2. The lowest BCUT2D eigenvalue weighted by atomic mass is 10.2. The first-order valence-electron chi connectivity index (χ1n) is 8.90. The van der Waals surface area contributed by atoms with E-state index in [2.05, 4.69) is 6.92 Å². The number of carbonyl (C=O) groups is 2. The van der Waals surface area contributed by atoms with Crippen molar-refractivity contribution in [1.82, 2.24) is 4.90 Å². The molecule has 146 valence electrons. The fraction of sp³-hybridized carbons (Fsp3) is 0.238. The molecule has 1 aliphatic heterocycles. The molecular formula is C21H19ClFNO3S. The molecule has 2 aromatic carbocycles. The van der Waals surface area contributed by atoms with E-state index in [1.54, 1.807) is 6.08 Å². The number of ether oxygens (including phenoxy) is 1. The minimum atomic E-state index is -0.468. The number of carbonyl (C=O) groups excluding carboxylic acids is 2. The Hall–Kier alpha value is -2.31. The van der Waals surface area contributed by atoms with Gasteiger partial charge < -0.3 is 4.74 Å². The summed E-state index contributed by atoms with van der Waals surface area (Å²) in [4.78, 5) is 26.3. The Morgan fingerprint density at radius 2 is 1.93 bits per heavy atom. The molecule has 1 aliphatic rings. The van der Waals surface area contributed by atoms with E-state index in [0.717, 1.165) is 46.9 Å². The summed E-state index contributed by atoms with van der Waals surface area (Å²) in [6.45, 7) is 2.77. The van der Waals surface area contributed by atoms with Gasteiger partial charge in [0.2, 0.25) is 0 Å². The van der Waals surface area contributed by atoms with Crippen molar-refractivity contribution < 1.29 is 18.7 Å². The van der Waals surface area contributed by atoms with Crippen LogP contribution in [0.3, 0.4) is 0 Å². The Morgan fingerprint density at radius 1 is 1.18 bits per heavy atom. The van der Waals surface area contributed by atoms with E-state index in [1.807, 2.05) is 24.3 Å². The molecule has 0 bridgehead atoms. The third kappa shape index (κ3) is 4.94. The maximum atomic E-state index is 13.2. The molecule has 0 aromatic heterocycles. The van der Waals surface area contributed by atoms with Gasteiger partial charge in [-0.05, 0) is 59.7 Å². The number of hydrogen-bond donors (Lipinski definition) is 0. The predicted octanol–water partition coefficient (Wildman–Crippen LogP) is 5.89. The van der Waals surface area contributed by atoms with E-state index in [-0.39, 0.29) is 16.8 Å². The van der Waals surface area contributed by atoms with Crippen LogP contribution < -0.4 is 4.74 Å². The Labute approximate surface area is 172 Å². The monoisotopic (exact) mass is 419 g/mol. The summed E-state index contributed by atoms with van der Waals surface area (Å²) in [6.07, 6.45) is 3.73. The van der Waals surface area contributed by atoms with E-state index < -0.39 is 11.7 Å². The fourth-order valence-electron chi connectivity index (χ4n) is 2.60. The van der Waals surface area contributed by atoms with Crippen LogP contribution >= 0.6 is 23.4 Å². The normalized spacial score (nSPS) is 15.5. The number of hydrogen-bond acceptors (Lipinski definition) is 4. The van der Waals surface area contributed by atoms with E-state index >= 15 is 0 Å². The lowest BCUT2D eigenvalue weighted by Gasteiger charge is -2.13. The zero-order valence-electron chi connectivity index (χ0n) is 15.3. The first-order chi connectivity index (χ1) is 13.5. The van der Waals surface area contributed by atoms with Crippen molar-refractivity contribution in [3.8, 4) is 5.75 Å². The van der Waals surface area contributed by atoms with Crippen LogP contribution in [0.5, 0.6) is 5.75 Å². The number of benzene rings is 2. The van der Waals surface area contributed by atoms with Gasteiger partial charge in [0.05, 0.1) is 18.1 Å². The van der Waals surface area contributed by atoms with Crippen LogP contribution in [0.2, 0.25) is 5.02 Å². The van der Waals surface area contributed by atoms with Gasteiger partial charge in [-0.2, -0.15) is 0 Å². The lowest BCUT2D eigenvalue weighted by molar-refractivity contribution is -0.123. The highest BCUT2D eigenvalue weighted by atomic mass is 35.5. The Balaban J connectivity index is 1.70. The summed E-state index contributed by atoms with van der Waals surface area (Å²) in [5.41, 5.74) is 1.31. The summed E-state index contributed by atoms with van der Waals surface area (Å²) in [7, 11) is 0. The standard InChI is InChI=1S/C21H19ClFNO3S/c1-2-3-10-27-17-8-4-14(5-9-17)11-19-20(25)24(21(26)28-19)13-15-6-7-16(23)12-18(15)22/h4-9,11-12H,2-3,10,13H2,1H3/b19-11-. The second-order valence-electron chi connectivity index (χ2n) is 6.27. The predicted molar refractivity (Wildman–Crippen MR) is 110 cm³/mol. The van der Waals surface area contributed by atoms with Crippen molar-refractivity contribution in [2.75, 3.05) is 6.61 Å². The van der Waals surface area contributed by atoms with Crippen LogP contribution in [0, 0.1) is 5.82 Å². The zero-order valence-corrected chi connectivity index (χ0v) is 16.9. The highest BCUT2D eigenvalue weighted by Gasteiger charge is 2.35. The van der Waals surface area contributed by atoms with Gasteiger partial charge in [-0.25, -0.2) is 4.39 Å². The number of imide groups is 1. The zero-order chi connectivity index (χ0) is 20.1. The molecule has 1 fully saturated rings. The molecule has 2 aromatic rings. The van der Waals surface area contributed by atoms with Gasteiger partial charge in [-0.15, -0.1) is 0 Å². The van der Waals surface area contributed by atoms with Gasteiger partial charge >= 0.3 is 0 Å². The molecule has 4 nitrogen and oxygen atoms in total. The van der Waals surface area contributed by atoms with Crippen LogP contribution in [0.1, 0.15) is 30.9 Å². The van der Waals surface area contributed by atoms with Crippen molar-refractivity contribution in [2.45, 2.75) is 26.3 Å². The second-order valence-corrected chi connectivity index (χ2v) is 7.68. The maximum Gasteiger partial charge on any atom is 0.293 e. The van der Waals surface area contributed by atoms with Gasteiger partial charge in [-0.1, -0.05) is 43.1 Å². The number of nitrogens with zero attached hydrogens (tertiary/aromatic N) is 1. The van der Waals surface area contributed by atoms with E-state index in [4.69, 9.17) is 16.3 Å². The SMILES string of the molecule is CCCCOc1ccc(/C=C2\SC(=O)N(Cc3ccc(F)cc3Cl)C2=O)cc1. The van der Waals surface area contributed by atoms with Crippen molar-refractivity contribution >= 4 is 40.6 Å². The van der Waals surface area contributed by atoms with E-state index in [9.17, 15) is 14.0 Å². The average Bonchev–Trinajstić information content (AvgIpc) is 2.93. The first-order valence-corrected chi connectivity index (χ1v) is 10.1. The molecule has 0 radical (unpaired) electrons. The molecule has 1 heterocycles. The Bertz CT molecular complexity index is 914. The number of thioether (sulfide) groups is 1. The molecular weight excluding hydrogens is 401 g/mol. The number of rotatable bonds is 7. The van der Waals surface area contributed by atoms with Gasteiger partial charge in [0, 0.05) is 5.02 Å². The lowest BCUT2D eigenvalue weighted by Crippen LogP contribution is -2.27. The minimum absolute atomic E-state index is 0.00528. The van der Waals surface area contributed by atoms with Crippen LogP contribution in [-0.4, -0.2) is 22.7 Å². The van der Waals surface area contributed by atoms with Crippen molar-refractivity contribution in [2.24, 2.45) is 0 Å². The molecule has 3 rings (SSSR count). The third-order valence-corrected chi connectivity index (χ3v) is 5.42. The van der Waals surface area contributed by atoms with Crippen LogP contribution in [-0.2, 0) is 11.3 Å². The summed E-state index contributed by atoms with van der Waals surface area (Å²) in [5.74, 6) is -0.0896. The molecule has 0 unspecified atom stereocenters. The molecule has 0 spiro atoms. The molecule has 1 saturated heterocycles. The summed E-state index contributed by atoms with van der Waals surface area (Å²) >= 11 is 6.88. The van der Waals surface area contributed by atoms with Gasteiger partial charge in [0.25, 0.3) is 11.1 Å². The molecule has 0 atom stereocenters. The highest BCUT2D eigenvalue weighted by Crippen LogP contribution is 2.34. The molecule has 0 N–H and O–H groups in total. The van der Waals surface area contributed by atoms with Gasteiger partial charge in [0.15, 0.2) is 0 Å². The molecule has 0 aliphatic carbocycles. The molecule has 28 heavy (non-hydrogen) atoms. The fourth-order valence-corrected chi connectivity index (χ4v) is 3.67. The van der Waals surface area contributed by atoms with Crippen molar-refractivity contribution in [1.29, 1.82) is 0 Å². The van der Waals surface area contributed by atoms with E-state index in [0.29, 0.717) is 17.1 Å². The van der Waals surface area contributed by atoms with Crippen LogP contribution in [0.15, 0.2) is 47.4 Å². The van der Waals surface area contributed by atoms with Gasteiger partial charge in [-0.3, -0.25) is 14.5 Å². The Kier molecular flexibility index (Phi) is 6.75. The largest absolute Gasteiger partial charge is 0.494 e. The molecule has 7 heteroatoms. The van der Waals surface area contributed by atoms with Crippen molar-refractivity contribution in [3.05, 3.63) is 69.3 Å². The Morgan fingerprint density at radius 3 is 2.61 bits per heavy atom. The molecule has 0 saturated carbocycles. The summed E-state index contributed by atoms with van der Waals surface area (Å²) < 4.78 is 18.8. The minimum Gasteiger partial charge on any atom is -0.494 e. The van der Waals surface area contributed by atoms with Crippen LogP contribution in [0.4, 0.5) is 9.18 Å². The summed E-state index contributed by atoms with van der Waals surface area (Å²) in [6, 6.07) is 11.2. The van der Waals surface area contributed by atoms with Crippen LogP contribution in [0.25, 0.3) is 6.08 Å². The van der Waals surface area contributed by atoms with Gasteiger partial charge in [0.1, 0.15) is 11.6 Å². The quantitative estimate of drug-likeness (QED) is 0.414. The number of amides is 2. The highest BCUT2D eigenvalue weighted by molar-refractivity contribution is 8.18. The van der Waals surface area contributed by atoms with Crippen molar-refractivity contribution in [3.63, 3.8) is 0 Å². The third-order valence-electron chi connectivity index (χ3n) is 4.16. The maximum absolute atomic E-state index is 13.2. The summed E-state index contributed by atoms with van der Waals surface area (Å²) in [5, 5.41) is -0.196. The second kappa shape index (κ2) is 9.26. The first kappa shape index (κ1) is 20.4. The molecule has 2 amide bonds.